The maximum absolute atomic E-state index is 12.6. The second kappa shape index (κ2) is 6.27. The maximum atomic E-state index is 12.6. The summed E-state index contributed by atoms with van der Waals surface area (Å²) in [6, 6.07) is 7.34. The van der Waals surface area contributed by atoms with Crippen LogP contribution in [0.3, 0.4) is 0 Å². The first-order chi connectivity index (χ1) is 10.6. The van der Waals surface area contributed by atoms with Gasteiger partial charge in [-0.1, -0.05) is 0 Å². The molecule has 3 rings (SSSR count). The third kappa shape index (κ3) is 3.01. The van der Waals surface area contributed by atoms with Gasteiger partial charge in [-0.2, -0.15) is 5.10 Å². The molecule has 1 fully saturated rings. The van der Waals surface area contributed by atoms with E-state index in [2.05, 4.69) is 10.1 Å². The molecule has 0 bridgehead atoms. The molecule has 2 atom stereocenters. The third-order valence-corrected chi connectivity index (χ3v) is 4.22. The van der Waals surface area contributed by atoms with Crippen LogP contribution >= 0.6 is 0 Å². The van der Waals surface area contributed by atoms with Gasteiger partial charge in [0.05, 0.1) is 11.8 Å². The Labute approximate surface area is 129 Å². The Morgan fingerprint density at radius 3 is 2.77 bits per heavy atom. The minimum Gasteiger partial charge on any atom is -0.393 e. The Hall–Kier alpha value is -2.21. The van der Waals surface area contributed by atoms with E-state index >= 15 is 0 Å². The van der Waals surface area contributed by atoms with Crippen molar-refractivity contribution in [1.29, 1.82) is 0 Å². The van der Waals surface area contributed by atoms with Gasteiger partial charge < -0.3 is 10.0 Å². The van der Waals surface area contributed by atoms with E-state index in [1.807, 2.05) is 29.2 Å². The normalized spacial score (nSPS) is 19.9. The summed E-state index contributed by atoms with van der Waals surface area (Å²) >= 11 is 0. The fraction of sp³-hybridized carbons (Fsp3) is 0.438. The van der Waals surface area contributed by atoms with E-state index in [0.717, 1.165) is 25.1 Å². The van der Waals surface area contributed by atoms with Crippen LogP contribution in [-0.4, -0.2) is 49.9 Å². The van der Waals surface area contributed by atoms with Gasteiger partial charge in [-0.3, -0.25) is 4.79 Å². The molecule has 2 unspecified atom stereocenters. The number of hydrogen-bond acceptors (Lipinski definition) is 4. The number of benzene rings is 1. The first-order valence-corrected chi connectivity index (χ1v) is 7.57. The summed E-state index contributed by atoms with van der Waals surface area (Å²) in [6.07, 6.45) is 4.65. The number of aromatic nitrogens is 3. The first-order valence-electron chi connectivity index (χ1n) is 7.57. The number of aliphatic hydroxyl groups is 1. The van der Waals surface area contributed by atoms with Crippen molar-refractivity contribution in [2.45, 2.75) is 25.9 Å². The van der Waals surface area contributed by atoms with E-state index in [9.17, 15) is 9.90 Å². The number of carbonyl (C=O) groups is 1. The second-order valence-corrected chi connectivity index (χ2v) is 5.78. The van der Waals surface area contributed by atoms with Crippen molar-refractivity contribution in [3.63, 3.8) is 0 Å². The Bertz CT molecular complexity index is 622. The van der Waals surface area contributed by atoms with Gasteiger partial charge in [0.15, 0.2) is 0 Å². The van der Waals surface area contributed by atoms with Crippen LogP contribution in [0.2, 0.25) is 0 Å². The van der Waals surface area contributed by atoms with E-state index in [0.29, 0.717) is 12.1 Å². The summed E-state index contributed by atoms with van der Waals surface area (Å²) in [5.41, 5.74) is 1.53. The van der Waals surface area contributed by atoms with Crippen LogP contribution in [0.4, 0.5) is 0 Å². The molecule has 0 spiro atoms. The van der Waals surface area contributed by atoms with Crippen LogP contribution in [0.25, 0.3) is 5.69 Å². The number of nitrogens with zero attached hydrogens (tertiary/aromatic N) is 4. The van der Waals surface area contributed by atoms with Crippen LogP contribution in [0.5, 0.6) is 0 Å². The quantitative estimate of drug-likeness (QED) is 0.932. The monoisotopic (exact) mass is 300 g/mol. The van der Waals surface area contributed by atoms with Gasteiger partial charge in [0.2, 0.25) is 0 Å². The van der Waals surface area contributed by atoms with Crippen molar-refractivity contribution in [2.75, 3.05) is 13.1 Å². The van der Waals surface area contributed by atoms with Gasteiger partial charge in [0.25, 0.3) is 5.91 Å². The lowest BCUT2D eigenvalue weighted by Crippen LogP contribution is -2.42. The molecule has 22 heavy (non-hydrogen) atoms. The Balaban J connectivity index is 1.72. The number of piperidine rings is 1. The highest BCUT2D eigenvalue weighted by molar-refractivity contribution is 5.94. The molecule has 1 aromatic heterocycles. The van der Waals surface area contributed by atoms with Gasteiger partial charge in [0.1, 0.15) is 12.7 Å². The number of carbonyl (C=O) groups excluding carboxylic acids is 1. The average Bonchev–Trinajstić information content (AvgIpc) is 3.09. The summed E-state index contributed by atoms with van der Waals surface area (Å²) in [6.45, 7) is 3.18. The lowest BCUT2D eigenvalue weighted by atomic mass is 9.93. The minimum absolute atomic E-state index is 0.0236. The predicted molar refractivity (Wildman–Crippen MR) is 81.7 cm³/mol. The highest BCUT2D eigenvalue weighted by Crippen LogP contribution is 2.21. The number of hydrogen-bond donors (Lipinski definition) is 1. The summed E-state index contributed by atoms with van der Waals surface area (Å²) in [5, 5.41) is 13.8. The predicted octanol–water partition coefficient (Wildman–Crippen LogP) is 1.50. The number of aliphatic hydroxyl groups excluding tert-OH is 1. The summed E-state index contributed by atoms with van der Waals surface area (Å²) in [5.74, 6) is 0.197. The van der Waals surface area contributed by atoms with Crippen molar-refractivity contribution in [2.24, 2.45) is 5.92 Å². The molecule has 0 saturated carbocycles. The van der Waals surface area contributed by atoms with E-state index < -0.39 is 0 Å². The maximum Gasteiger partial charge on any atom is 0.253 e. The van der Waals surface area contributed by atoms with Crippen LogP contribution in [0.15, 0.2) is 36.9 Å². The number of likely N-dealkylation sites (tertiary alicyclic amines) is 1. The van der Waals surface area contributed by atoms with Gasteiger partial charge in [-0.05, 0) is 44.0 Å². The van der Waals surface area contributed by atoms with E-state index in [1.54, 1.807) is 17.9 Å². The molecule has 1 aliphatic heterocycles. The molecule has 1 N–H and O–H groups in total. The second-order valence-electron chi connectivity index (χ2n) is 5.78. The van der Waals surface area contributed by atoms with Crippen LogP contribution in [0.1, 0.15) is 30.1 Å². The minimum atomic E-state index is -0.370. The summed E-state index contributed by atoms with van der Waals surface area (Å²) < 4.78 is 1.65. The lowest BCUT2D eigenvalue weighted by Gasteiger charge is -2.34. The van der Waals surface area contributed by atoms with Crippen LogP contribution < -0.4 is 0 Å². The van der Waals surface area contributed by atoms with Gasteiger partial charge in [-0.15, -0.1) is 0 Å². The summed E-state index contributed by atoms with van der Waals surface area (Å²) in [7, 11) is 0. The Morgan fingerprint density at radius 1 is 1.36 bits per heavy atom. The molecular weight excluding hydrogens is 280 g/mol. The highest BCUT2D eigenvalue weighted by atomic mass is 16.3. The van der Waals surface area contributed by atoms with Crippen molar-refractivity contribution < 1.29 is 9.90 Å². The van der Waals surface area contributed by atoms with Gasteiger partial charge >= 0.3 is 0 Å². The molecule has 116 valence electrons. The Morgan fingerprint density at radius 2 is 2.14 bits per heavy atom. The molecule has 1 aliphatic rings. The molecule has 1 aromatic carbocycles. The van der Waals surface area contributed by atoms with Gasteiger partial charge in [0, 0.05) is 24.6 Å². The van der Waals surface area contributed by atoms with Crippen LogP contribution in [0, 0.1) is 5.92 Å². The zero-order chi connectivity index (χ0) is 15.5. The fourth-order valence-electron chi connectivity index (χ4n) is 2.87. The molecule has 2 aromatic rings. The molecular formula is C16H20N4O2. The third-order valence-electron chi connectivity index (χ3n) is 4.22. The zero-order valence-corrected chi connectivity index (χ0v) is 12.6. The topological polar surface area (TPSA) is 71.2 Å². The largest absolute Gasteiger partial charge is 0.393 e. The molecule has 2 heterocycles. The number of rotatable bonds is 3. The Kier molecular flexibility index (Phi) is 4.20. The van der Waals surface area contributed by atoms with Crippen molar-refractivity contribution in [3.05, 3.63) is 42.5 Å². The first kappa shape index (κ1) is 14.7. The van der Waals surface area contributed by atoms with Crippen molar-refractivity contribution in [1.82, 2.24) is 19.7 Å². The average molecular weight is 300 g/mol. The van der Waals surface area contributed by atoms with E-state index in [-0.39, 0.29) is 17.9 Å². The smallest absolute Gasteiger partial charge is 0.253 e. The molecule has 6 nitrogen and oxygen atoms in total. The summed E-state index contributed by atoms with van der Waals surface area (Å²) in [4.78, 5) is 18.3. The zero-order valence-electron chi connectivity index (χ0n) is 12.6. The van der Waals surface area contributed by atoms with Crippen molar-refractivity contribution >= 4 is 5.91 Å². The number of amides is 1. The molecule has 0 radical (unpaired) electrons. The standard InChI is InChI=1S/C16H20N4O2/c1-12(21)14-3-2-8-19(9-14)16(22)13-4-6-15(7-5-13)20-11-17-10-18-20/h4-7,10-12,14,21H,2-3,8-9H2,1H3. The van der Waals surface area contributed by atoms with Crippen LogP contribution in [-0.2, 0) is 0 Å². The fourth-order valence-corrected chi connectivity index (χ4v) is 2.87. The van der Waals surface area contributed by atoms with Crippen molar-refractivity contribution in [3.8, 4) is 5.69 Å². The molecule has 1 amide bonds. The SMILES string of the molecule is CC(O)C1CCCN(C(=O)c2ccc(-n3cncn3)cc2)C1. The lowest BCUT2D eigenvalue weighted by molar-refractivity contribution is 0.0466. The van der Waals surface area contributed by atoms with Gasteiger partial charge in [-0.25, -0.2) is 9.67 Å². The highest BCUT2D eigenvalue weighted by Gasteiger charge is 2.26. The van der Waals surface area contributed by atoms with E-state index in [4.69, 9.17) is 0 Å². The molecule has 0 aliphatic carbocycles. The molecule has 1 saturated heterocycles. The van der Waals surface area contributed by atoms with E-state index in [1.165, 1.54) is 6.33 Å². The molecule has 6 heteroatoms.